The smallest absolute Gasteiger partial charge is 0.137 e. The molecule has 130 valence electrons. The number of ketones is 1. The summed E-state index contributed by atoms with van der Waals surface area (Å²) in [5.74, 6) is 0.170. The van der Waals surface area contributed by atoms with Crippen molar-refractivity contribution in [1.82, 2.24) is 4.90 Å². The summed E-state index contributed by atoms with van der Waals surface area (Å²) < 4.78 is 24.7. The van der Waals surface area contributed by atoms with Gasteiger partial charge in [0.25, 0.3) is 0 Å². The largest absolute Gasteiger partial charge is 0.492 e. The Labute approximate surface area is 138 Å². The molecule has 0 spiro atoms. The van der Waals surface area contributed by atoms with Gasteiger partial charge in [-0.05, 0) is 11.6 Å². The lowest BCUT2D eigenvalue weighted by Crippen LogP contribution is -2.38. The van der Waals surface area contributed by atoms with Gasteiger partial charge in [-0.3, -0.25) is 9.69 Å². The van der Waals surface area contributed by atoms with E-state index < -0.39 is 0 Å². The third-order valence-electron chi connectivity index (χ3n) is 3.59. The lowest BCUT2D eigenvalue weighted by molar-refractivity contribution is -0.118. The molecule has 1 fully saturated rings. The average molecular weight is 325 g/mol. The van der Waals surface area contributed by atoms with Crippen LogP contribution in [0.2, 0.25) is 0 Å². The van der Waals surface area contributed by atoms with E-state index in [2.05, 4.69) is 4.90 Å². The molecular weight excluding hydrogens is 297 g/mol. The Kier molecular flexibility index (Phi) is 9.48. The first-order valence-electron chi connectivity index (χ1n) is 8.42. The van der Waals surface area contributed by atoms with Gasteiger partial charge in [0.1, 0.15) is 24.0 Å². The summed E-state index contributed by atoms with van der Waals surface area (Å²) in [6.07, 6.45) is 0.577. The van der Waals surface area contributed by atoms with E-state index in [9.17, 15) is 9.18 Å². The number of carbonyl (C=O) groups is 1. The van der Waals surface area contributed by atoms with Gasteiger partial charge >= 0.3 is 0 Å². The molecule has 0 atom stereocenters. The number of benzene rings is 1. The summed E-state index contributed by atoms with van der Waals surface area (Å²) in [7, 11) is 0. The average Bonchev–Trinajstić information content (AvgIpc) is 2.60. The van der Waals surface area contributed by atoms with E-state index in [-0.39, 0.29) is 18.0 Å². The first kappa shape index (κ1) is 19.6. The number of morpholine rings is 1. The minimum Gasteiger partial charge on any atom is -0.492 e. The molecule has 0 aliphatic carbocycles. The van der Waals surface area contributed by atoms with Crippen LogP contribution in [0.4, 0.5) is 4.39 Å². The van der Waals surface area contributed by atoms with Crippen LogP contribution in [0, 0.1) is 5.82 Å². The van der Waals surface area contributed by atoms with Gasteiger partial charge in [0, 0.05) is 38.5 Å². The normalized spacial score (nSPS) is 14.8. The number of carbonyl (C=O) groups excluding carboxylic acids is 1. The molecule has 0 radical (unpaired) electrons. The van der Waals surface area contributed by atoms with Crippen LogP contribution >= 0.6 is 0 Å². The summed E-state index contributed by atoms with van der Waals surface area (Å²) >= 11 is 0. The molecule has 1 aromatic rings. The molecule has 0 N–H and O–H groups in total. The fraction of sp³-hybridized carbons (Fsp3) is 0.611. The standard InChI is InChI=1S/C16H22FNO3.C2H6/c1-2-14(19)11-13-3-4-15(12-16(13)17)21-10-7-18-5-8-20-9-6-18;1-2/h3-4,12H,2,5-11H2,1H3;1-2H3. The van der Waals surface area contributed by atoms with Gasteiger partial charge in [0.2, 0.25) is 0 Å². The van der Waals surface area contributed by atoms with Crippen LogP contribution in [0.3, 0.4) is 0 Å². The van der Waals surface area contributed by atoms with Crippen molar-refractivity contribution in [2.75, 3.05) is 39.5 Å². The van der Waals surface area contributed by atoms with Crippen molar-refractivity contribution in [3.05, 3.63) is 29.6 Å². The highest BCUT2D eigenvalue weighted by molar-refractivity contribution is 5.80. The molecular formula is C18H28FNO3. The van der Waals surface area contributed by atoms with Crippen molar-refractivity contribution in [2.24, 2.45) is 0 Å². The van der Waals surface area contributed by atoms with Crippen molar-refractivity contribution in [3.63, 3.8) is 0 Å². The zero-order valence-corrected chi connectivity index (χ0v) is 14.4. The predicted molar refractivity (Wildman–Crippen MR) is 89.5 cm³/mol. The van der Waals surface area contributed by atoms with Crippen LogP contribution in [0.15, 0.2) is 18.2 Å². The fourth-order valence-corrected chi connectivity index (χ4v) is 2.22. The van der Waals surface area contributed by atoms with E-state index in [1.54, 1.807) is 19.1 Å². The number of Topliss-reactive ketones (excluding diaryl/α,β-unsaturated/α-hetero) is 1. The summed E-state index contributed by atoms with van der Waals surface area (Å²) in [6.45, 7) is 10.5. The van der Waals surface area contributed by atoms with E-state index >= 15 is 0 Å². The Bertz CT molecular complexity index is 473. The third-order valence-corrected chi connectivity index (χ3v) is 3.59. The highest BCUT2D eigenvalue weighted by Gasteiger charge is 2.11. The Balaban J connectivity index is 0.00000127. The Morgan fingerprint density at radius 1 is 1.30 bits per heavy atom. The monoisotopic (exact) mass is 325 g/mol. The molecule has 23 heavy (non-hydrogen) atoms. The number of halogens is 1. The van der Waals surface area contributed by atoms with E-state index in [0.717, 1.165) is 32.8 Å². The molecule has 2 rings (SSSR count). The molecule has 0 amide bonds. The van der Waals surface area contributed by atoms with Crippen LogP contribution in [0.25, 0.3) is 0 Å². The van der Waals surface area contributed by atoms with Crippen molar-refractivity contribution in [1.29, 1.82) is 0 Å². The second kappa shape index (κ2) is 11.1. The van der Waals surface area contributed by atoms with Crippen LogP contribution in [-0.4, -0.2) is 50.1 Å². The van der Waals surface area contributed by atoms with Crippen molar-refractivity contribution >= 4 is 5.78 Å². The molecule has 0 saturated carbocycles. The van der Waals surface area contributed by atoms with Crippen LogP contribution in [0.5, 0.6) is 5.75 Å². The molecule has 0 bridgehead atoms. The quantitative estimate of drug-likeness (QED) is 0.772. The van der Waals surface area contributed by atoms with E-state index in [0.29, 0.717) is 24.3 Å². The minimum atomic E-state index is -0.374. The maximum absolute atomic E-state index is 13.9. The van der Waals surface area contributed by atoms with Gasteiger partial charge in [-0.2, -0.15) is 0 Å². The topological polar surface area (TPSA) is 38.8 Å². The summed E-state index contributed by atoms with van der Waals surface area (Å²) in [5.41, 5.74) is 0.433. The number of rotatable bonds is 7. The highest BCUT2D eigenvalue weighted by atomic mass is 19.1. The second-order valence-electron chi connectivity index (χ2n) is 5.12. The molecule has 1 heterocycles. The van der Waals surface area contributed by atoms with Crippen molar-refractivity contribution in [3.8, 4) is 5.75 Å². The van der Waals surface area contributed by atoms with E-state index in [1.807, 2.05) is 13.8 Å². The first-order chi connectivity index (χ1) is 11.2. The fourth-order valence-electron chi connectivity index (χ4n) is 2.22. The summed E-state index contributed by atoms with van der Waals surface area (Å²) in [4.78, 5) is 13.6. The third kappa shape index (κ3) is 7.10. The van der Waals surface area contributed by atoms with Gasteiger partial charge in [0.15, 0.2) is 0 Å². The number of hydrogen-bond acceptors (Lipinski definition) is 4. The number of hydrogen-bond donors (Lipinski definition) is 0. The van der Waals surface area contributed by atoms with E-state index in [4.69, 9.17) is 9.47 Å². The van der Waals surface area contributed by atoms with Gasteiger partial charge < -0.3 is 9.47 Å². The molecule has 1 aromatic carbocycles. The molecule has 1 saturated heterocycles. The molecule has 0 unspecified atom stereocenters. The lowest BCUT2D eigenvalue weighted by atomic mass is 10.1. The lowest BCUT2D eigenvalue weighted by Gasteiger charge is -2.26. The Morgan fingerprint density at radius 2 is 2.00 bits per heavy atom. The van der Waals surface area contributed by atoms with Crippen LogP contribution in [0.1, 0.15) is 32.8 Å². The number of nitrogens with zero attached hydrogens (tertiary/aromatic N) is 1. The molecule has 5 heteroatoms. The number of ether oxygens (including phenoxy) is 2. The molecule has 1 aliphatic rings. The van der Waals surface area contributed by atoms with Gasteiger partial charge in [-0.15, -0.1) is 0 Å². The Hall–Kier alpha value is -1.46. The predicted octanol–water partition coefficient (Wildman–Crippen LogP) is 3.08. The zero-order chi connectivity index (χ0) is 17.1. The zero-order valence-electron chi connectivity index (χ0n) is 14.4. The highest BCUT2D eigenvalue weighted by Crippen LogP contribution is 2.17. The van der Waals surface area contributed by atoms with Gasteiger partial charge in [-0.25, -0.2) is 4.39 Å². The minimum absolute atomic E-state index is 0.0369. The Morgan fingerprint density at radius 3 is 2.61 bits per heavy atom. The molecule has 4 nitrogen and oxygen atoms in total. The maximum Gasteiger partial charge on any atom is 0.137 e. The molecule has 0 aromatic heterocycles. The van der Waals surface area contributed by atoms with Crippen molar-refractivity contribution < 1.29 is 18.7 Å². The molecule has 1 aliphatic heterocycles. The first-order valence-corrected chi connectivity index (χ1v) is 8.42. The summed E-state index contributed by atoms with van der Waals surface area (Å²) in [5, 5.41) is 0. The van der Waals surface area contributed by atoms with Gasteiger partial charge in [0.05, 0.1) is 13.2 Å². The van der Waals surface area contributed by atoms with Crippen LogP contribution < -0.4 is 4.74 Å². The summed E-state index contributed by atoms with van der Waals surface area (Å²) in [6, 6.07) is 4.71. The van der Waals surface area contributed by atoms with E-state index in [1.165, 1.54) is 6.07 Å². The maximum atomic E-state index is 13.9. The van der Waals surface area contributed by atoms with Gasteiger partial charge in [-0.1, -0.05) is 26.8 Å². The van der Waals surface area contributed by atoms with Crippen LogP contribution in [-0.2, 0) is 16.0 Å². The van der Waals surface area contributed by atoms with Crippen molar-refractivity contribution in [2.45, 2.75) is 33.6 Å². The SMILES string of the molecule is CC.CCC(=O)Cc1ccc(OCCN2CCOCC2)cc1F. The second-order valence-corrected chi connectivity index (χ2v) is 5.12.